The zero-order valence-corrected chi connectivity index (χ0v) is 9.59. The summed E-state index contributed by atoms with van der Waals surface area (Å²) < 4.78 is 5.49. The molecule has 4 nitrogen and oxygen atoms in total. The monoisotopic (exact) mass is 221 g/mol. The van der Waals surface area contributed by atoms with Gasteiger partial charge >= 0.3 is 0 Å². The normalized spacial score (nSPS) is 24.6. The number of ether oxygens (including phenoxy) is 1. The van der Waals surface area contributed by atoms with Crippen molar-refractivity contribution < 1.29 is 4.74 Å². The van der Waals surface area contributed by atoms with Crippen molar-refractivity contribution in [1.29, 1.82) is 0 Å². The van der Waals surface area contributed by atoms with Crippen molar-refractivity contribution in [2.24, 2.45) is 0 Å². The van der Waals surface area contributed by atoms with E-state index in [1.165, 1.54) is 42.8 Å². The number of aromatic nitrogens is 2. The van der Waals surface area contributed by atoms with Crippen LogP contribution in [0.15, 0.2) is 0 Å². The fourth-order valence-corrected chi connectivity index (χ4v) is 2.69. The van der Waals surface area contributed by atoms with E-state index < -0.39 is 0 Å². The van der Waals surface area contributed by atoms with Gasteiger partial charge in [0.05, 0.1) is 18.9 Å². The predicted octanol–water partition coefficient (Wildman–Crippen LogP) is 1.17. The molecular weight excluding hydrogens is 202 g/mol. The molecule has 0 bridgehead atoms. The van der Waals surface area contributed by atoms with Crippen LogP contribution >= 0.6 is 0 Å². The minimum absolute atomic E-state index is 0.705. The zero-order valence-electron chi connectivity index (χ0n) is 9.59. The number of hydrogen-bond acceptors (Lipinski definition) is 3. The highest BCUT2D eigenvalue weighted by molar-refractivity contribution is 5.26. The Morgan fingerprint density at radius 3 is 3.31 bits per heavy atom. The molecule has 0 radical (unpaired) electrons. The van der Waals surface area contributed by atoms with Crippen LogP contribution in [0.3, 0.4) is 0 Å². The fourth-order valence-electron chi connectivity index (χ4n) is 2.69. The van der Waals surface area contributed by atoms with E-state index >= 15 is 0 Å². The highest BCUT2D eigenvalue weighted by atomic mass is 16.5. The van der Waals surface area contributed by atoms with Crippen molar-refractivity contribution in [2.45, 2.75) is 44.8 Å². The summed E-state index contributed by atoms with van der Waals surface area (Å²) in [7, 11) is 0. The van der Waals surface area contributed by atoms with Crippen LogP contribution in [0.1, 0.15) is 36.2 Å². The largest absolute Gasteiger partial charge is 0.376 e. The molecule has 88 valence electrons. The van der Waals surface area contributed by atoms with Crippen molar-refractivity contribution in [3.63, 3.8) is 0 Å². The molecule has 2 N–H and O–H groups in total. The van der Waals surface area contributed by atoms with Gasteiger partial charge in [0.2, 0.25) is 0 Å². The molecule has 1 aromatic rings. The third kappa shape index (κ3) is 1.99. The number of hydrogen-bond donors (Lipinski definition) is 2. The second-order valence-electron chi connectivity index (χ2n) is 4.76. The minimum atomic E-state index is 0.705. The molecule has 1 aromatic heterocycles. The highest BCUT2D eigenvalue weighted by Gasteiger charge is 2.19. The van der Waals surface area contributed by atoms with E-state index in [0.29, 0.717) is 6.04 Å². The van der Waals surface area contributed by atoms with Crippen LogP contribution in [0.4, 0.5) is 0 Å². The Morgan fingerprint density at radius 1 is 1.44 bits per heavy atom. The third-order valence-corrected chi connectivity index (χ3v) is 3.67. The molecule has 1 atom stereocenters. The smallest absolute Gasteiger partial charge is 0.0753 e. The van der Waals surface area contributed by atoms with Gasteiger partial charge in [-0.1, -0.05) is 0 Å². The zero-order chi connectivity index (χ0) is 10.8. The Labute approximate surface area is 95.8 Å². The van der Waals surface area contributed by atoms with Gasteiger partial charge in [-0.15, -0.1) is 0 Å². The Balaban J connectivity index is 1.63. The first-order valence-electron chi connectivity index (χ1n) is 6.29. The topological polar surface area (TPSA) is 49.9 Å². The van der Waals surface area contributed by atoms with Crippen molar-refractivity contribution in [1.82, 2.24) is 15.5 Å². The maximum atomic E-state index is 5.49. The Bertz CT molecular complexity index is 355. The molecule has 2 aliphatic heterocycles. The molecule has 3 rings (SSSR count). The molecule has 1 saturated heterocycles. The molecule has 0 saturated carbocycles. The lowest BCUT2D eigenvalue weighted by molar-refractivity contribution is 0.109. The van der Waals surface area contributed by atoms with E-state index in [1.54, 1.807) is 0 Å². The minimum Gasteiger partial charge on any atom is -0.376 e. The SMILES string of the molecule is C1CNC(CCc2n[nH]c3c2COCC3)C1. The van der Waals surface area contributed by atoms with Crippen molar-refractivity contribution in [3.8, 4) is 0 Å². The molecule has 4 heteroatoms. The maximum absolute atomic E-state index is 5.49. The summed E-state index contributed by atoms with van der Waals surface area (Å²) in [6, 6.07) is 0.705. The van der Waals surface area contributed by atoms with Gasteiger partial charge in [0, 0.05) is 23.7 Å². The van der Waals surface area contributed by atoms with E-state index in [2.05, 4.69) is 15.5 Å². The second-order valence-corrected chi connectivity index (χ2v) is 4.76. The Kier molecular flexibility index (Phi) is 2.93. The van der Waals surface area contributed by atoms with E-state index in [-0.39, 0.29) is 0 Å². The van der Waals surface area contributed by atoms with E-state index in [4.69, 9.17) is 4.74 Å². The lowest BCUT2D eigenvalue weighted by atomic mass is 10.0. The number of aryl methyl sites for hydroxylation is 1. The van der Waals surface area contributed by atoms with Gasteiger partial charge in [0.25, 0.3) is 0 Å². The molecule has 0 aromatic carbocycles. The summed E-state index contributed by atoms with van der Waals surface area (Å²) in [4.78, 5) is 0. The van der Waals surface area contributed by atoms with Crippen LogP contribution in [0.2, 0.25) is 0 Å². The average molecular weight is 221 g/mol. The summed E-state index contributed by atoms with van der Waals surface area (Å²) >= 11 is 0. The van der Waals surface area contributed by atoms with Crippen molar-refractivity contribution in [2.75, 3.05) is 13.2 Å². The van der Waals surface area contributed by atoms with Gasteiger partial charge in [-0.25, -0.2) is 0 Å². The number of rotatable bonds is 3. The van der Waals surface area contributed by atoms with Crippen LogP contribution < -0.4 is 5.32 Å². The number of nitrogens with zero attached hydrogens (tertiary/aromatic N) is 1. The highest BCUT2D eigenvalue weighted by Crippen LogP contribution is 2.20. The Hall–Kier alpha value is -0.870. The maximum Gasteiger partial charge on any atom is 0.0753 e. The molecule has 1 unspecified atom stereocenters. The molecule has 0 spiro atoms. The van der Waals surface area contributed by atoms with Crippen LogP contribution in [0.25, 0.3) is 0 Å². The van der Waals surface area contributed by atoms with Crippen LogP contribution in [0.5, 0.6) is 0 Å². The van der Waals surface area contributed by atoms with E-state index in [1.807, 2.05) is 0 Å². The fraction of sp³-hybridized carbons (Fsp3) is 0.750. The first-order chi connectivity index (χ1) is 7.93. The van der Waals surface area contributed by atoms with Gasteiger partial charge in [-0.3, -0.25) is 5.10 Å². The first kappa shape index (κ1) is 10.3. The predicted molar refractivity (Wildman–Crippen MR) is 61.3 cm³/mol. The molecule has 3 heterocycles. The van der Waals surface area contributed by atoms with Crippen molar-refractivity contribution in [3.05, 3.63) is 17.0 Å². The molecule has 1 fully saturated rings. The van der Waals surface area contributed by atoms with Gasteiger partial charge in [-0.05, 0) is 32.2 Å². The summed E-state index contributed by atoms with van der Waals surface area (Å²) in [6.07, 6.45) is 5.92. The van der Waals surface area contributed by atoms with Crippen LogP contribution in [0, 0.1) is 0 Å². The van der Waals surface area contributed by atoms with Gasteiger partial charge in [-0.2, -0.15) is 5.10 Å². The van der Waals surface area contributed by atoms with Gasteiger partial charge in [0.1, 0.15) is 0 Å². The van der Waals surface area contributed by atoms with Crippen LogP contribution in [-0.2, 0) is 24.2 Å². The van der Waals surface area contributed by atoms with Crippen molar-refractivity contribution >= 4 is 0 Å². The molecule has 0 aliphatic carbocycles. The average Bonchev–Trinajstić information content (AvgIpc) is 2.96. The molecule has 0 amide bonds. The first-order valence-corrected chi connectivity index (χ1v) is 6.29. The molecular formula is C12H19N3O. The van der Waals surface area contributed by atoms with Gasteiger partial charge < -0.3 is 10.1 Å². The third-order valence-electron chi connectivity index (χ3n) is 3.67. The lowest BCUT2D eigenvalue weighted by Gasteiger charge is -2.13. The van der Waals surface area contributed by atoms with Gasteiger partial charge in [0.15, 0.2) is 0 Å². The number of nitrogens with one attached hydrogen (secondary N) is 2. The quantitative estimate of drug-likeness (QED) is 0.805. The lowest BCUT2D eigenvalue weighted by Crippen LogP contribution is -2.22. The summed E-state index contributed by atoms with van der Waals surface area (Å²) in [5, 5.41) is 11.1. The van der Waals surface area contributed by atoms with E-state index in [0.717, 1.165) is 26.1 Å². The summed E-state index contributed by atoms with van der Waals surface area (Å²) in [6.45, 7) is 2.77. The molecule has 16 heavy (non-hydrogen) atoms. The number of aromatic amines is 1. The summed E-state index contributed by atoms with van der Waals surface area (Å²) in [5.74, 6) is 0. The second kappa shape index (κ2) is 4.55. The number of fused-ring (bicyclic) bond motifs is 1. The standard InChI is InChI=1S/C12H19N3O/c1-2-9(13-6-1)3-4-11-10-8-16-7-5-12(10)15-14-11/h9,13H,1-8H2,(H,14,15). The Morgan fingerprint density at radius 2 is 2.44 bits per heavy atom. The molecule has 2 aliphatic rings. The van der Waals surface area contributed by atoms with Crippen LogP contribution in [-0.4, -0.2) is 29.4 Å². The van der Waals surface area contributed by atoms with E-state index in [9.17, 15) is 0 Å². The number of H-pyrrole nitrogens is 1. The summed E-state index contributed by atoms with van der Waals surface area (Å²) in [5.41, 5.74) is 3.84.